The van der Waals surface area contributed by atoms with Gasteiger partial charge in [0.15, 0.2) is 0 Å². The SMILES string of the molecule is C#CCN(CC1CC1)C(=O)C(C#N)C(C)C. The molecule has 0 heterocycles. The molecule has 0 aliphatic heterocycles. The van der Waals surface area contributed by atoms with Gasteiger partial charge in [-0.1, -0.05) is 19.8 Å². The molecule has 0 spiro atoms. The molecule has 1 unspecified atom stereocenters. The fourth-order valence-electron chi connectivity index (χ4n) is 1.64. The highest BCUT2D eigenvalue weighted by molar-refractivity contribution is 5.81. The molecule has 0 radical (unpaired) electrons. The predicted molar refractivity (Wildman–Crippen MR) is 62.1 cm³/mol. The zero-order valence-corrected chi connectivity index (χ0v) is 9.94. The monoisotopic (exact) mass is 218 g/mol. The van der Waals surface area contributed by atoms with E-state index < -0.39 is 5.92 Å². The lowest BCUT2D eigenvalue weighted by atomic mass is 9.96. The van der Waals surface area contributed by atoms with E-state index in [1.165, 1.54) is 12.8 Å². The average molecular weight is 218 g/mol. The van der Waals surface area contributed by atoms with Crippen molar-refractivity contribution in [2.75, 3.05) is 13.1 Å². The zero-order chi connectivity index (χ0) is 12.1. The minimum absolute atomic E-state index is 0.0389. The van der Waals surface area contributed by atoms with E-state index >= 15 is 0 Å². The summed E-state index contributed by atoms with van der Waals surface area (Å²) in [4.78, 5) is 13.7. The summed E-state index contributed by atoms with van der Waals surface area (Å²) in [5.41, 5.74) is 0. The molecule has 0 bridgehead atoms. The normalized spacial score (nSPS) is 16.3. The van der Waals surface area contributed by atoms with E-state index in [4.69, 9.17) is 11.7 Å². The maximum atomic E-state index is 12.1. The number of nitriles is 1. The minimum atomic E-state index is -0.563. The molecular weight excluding hydrogens is 200 g/mol. The van der Waals surface area contributed by atoms with E-state index in [1.54, 1.807) is 4.90 Å². The van der Waals surface area contributed by atoms with Crippen molar-refractivity contribution >= 4 is 5.91 Å². The summed E-state index contributed by atoms with van der Waals surface area (Å²) >= 11 is 0. The first kappa shape index (κ1) is 12.6. The fourth-order valence-corrected chi connectivity index (χ4v) is 1.64. The molecule has 0 N–H and O–H groups in total. The van der Waals surface area contributed by atoms with Crippen molar-refractivity contribution < 1.29 is 4.79 Å². The zero-order valence-electron chi connectivity index (χ0n) is 9.94. The van der Waals surface area contributed by atoms with Gasteiger partial charge in [-0.05, 0) is 24.7 Å². The van der Waals surface area contributed by atoms with Gasteiger partial charge in [0.25, 0.3) is 0 Å². The molecule has 1 rings (SSSR count). The van der Waals surface area contributed by atoms with E-state index in [9.17, 15) is 4.79 Å². The highest BCUT2D eigenvalue weighted by Crippen LogP contribution is 2.30. The lowest BCUT2D eigenvalue weighted by Crippen LogP contribution is -2.39. The van der Waals surface area contributed by atoms with Crippen LogP contribution in [-0.2, 0) is 4.79 Å². The smallest absolute Gasteiger partial charge is 0.240 e. The Morgan fingerprint density at radius 1 is 1.56 bits per heavy atom. The Morgan fingerprint density at radius 2 is 2.19 bits per heavy atom. The standard InChI is InChI=1S/C13H18N2O/c1-4-7-15(9-11-5-6-11)13(16)12(8-14)10(2)3/h1,10-12H,5-7,9H2,2-3H3. The first-order valence-corrected chi connectivity index (χ1v) is 5.72. The maximum Gasteiger partial charge on any atom is 0.240 e. The van der Waals surface area contributed by atoms with Crippen LogP contribution in [0.2, 0.25) is 0 Å². The molecule has 1 aliphatic carbocycles. The van der Waals surface area contributed by atoms with Gasteiger partial charge in [0.2, 0.25) is 5.91 Å². The van der Waals surface area contributed by atoms with Crippen molar-refractivity contribution in [3.63, 3.8) is 0 Å². The third-order valence-corrected chi connectivity index (χ3v) is 2.84. The van der Waals surface area contributed by atoms with E-state index in [0.29, 0.717) is 19.0 Å². The number of carbonyl (C=O) groups excluding carboxylic acids is 1. The molecule has 0 aromatic rings. The number of rotatable bonds is 5. The van der Waals surface area contributed by atoms with Crippen LogP contribution in [0.25, 0.3) is 0 Å². The molecule has 1 atom stereocenters. The van der Waals surface area contributed by atoms with Crippen LogP contribution in [0.1, 0.15) is 26.7 Å². The molecule has 1 amide bonds. The number of terminal acetylenes is 1. The van der Waals surface area contributed by atoms with Crippen LogP contribution in [0.3, 0.4) is 0 Å². The van der Waals surface area contributed by atoms with Crippen molar-refractivity contribution in [3.05, 3.63) is 0 Å². The topological polar surface area (TPSA) is 44.1 Å². The van der Waals surface area contributed by atoms with Gasteiger partial charge in [0, 0.05) is 6.54 Å². The first-order valence-electron chi connectivity index (χ1n) is 5.72. The predicted octanol–water partition coefficient (Wildman–Crippen LogP) is 1.65. The first-order chi connectivity index (χ1) is 7.60. The molecule has 0 saturated heterocycles. The lowest BCUT2D eigenvalue weighted by molar-refractivity contribution is -0.134. The van der Waals surface area contributed by atoms with Crippen LogP contribution in [0.15, 0.2) is 0 Å². The number of hydrogen-bond acceptors (Lipinski definition) is 2. The summed E-state index contributed by atoms with van der Waals surface area (Å²) in [6.45, 7) is 4.81. The molecule has 0 aromatic carbocycles. The second kappa shape index (κ2) is 5.56. The Kier molecular flexibility index (Phi) is 4.38. The molecule has 3 nitrogen and oxygen atoms in total. The molecule has 1 aliphatic rings. The summed E-state index contributed by atoms with van der Waals surface area (Å²) in [5.74, 6) is 2.46. The number of nitrogens with zero attached hydrogens (tertiary/aromatic N) is 2. The molecule has 1 saturated carbocycles. The van der Waals surface area contributed by atoms with Gasteiger partial charge in [0.05, 0.1) is 12.6 Å². The van der Waals surface area contributed by atoms with Crippen molar-refractivity contribution in [2.45, 2.75) is 26.7 Å². The van der Waals surface area contributed by atoms with E-state index in [0.717, 1.165) is 0 Å². The quantitative estimate of drug-likeness (QED) is 0.659. The van der Waals surface area contributed by atoms with Gasteiger partial charge in [-0.25, -0.2) is 0 Å². The van der Waals surface area contributed by atoms with Crippen LogP contribution in [0.4, 0.5) is 0 Å². The maximum absolute atomic E-state index is 12.1. The Hall–Kier alpha value is -1.48. The number of hydrogen-bond donors (Lipinski definition) is 0. The van der Waals surface area contributed by atoms with Gasteiger partial charge < -0.3 is 4.90 Å². The van der Waals surface area contributed by atoms with Gasteiger partial charge in [-0.2, -0.15) is 5.26 Å². The summed E-state index contributed by atoms with van der Waals surface area (Å²) in [6, 6.07) is 2.07. The summed E-state index contributed by atoms with van der Waals surface area (Å²) in [5, 5.41) is 8.98. The Balaban J connectivity index is 2.65. The Labute approximate surface area is 97.4 Å². The van der Waals surface area contributed by atoms with E-state index in [2.05, 4.69) is 12.0 Å². The lowest BCUT2D eigenvalue weighted by Gasteiger charge is -2.24. The van der Waals surface area contributed by atoms with Gasteiger partial charge in [-0.3, -0.25) is 4.79 Å². The van der Waals surface area contributed by atoms with Gasteiger partial charge >= 0.3 is 0 Å². The summed E-state index contributed by atoms with van der Waals surface area (Å²) in [7, 11) is 0. The number of carbonyl (C=O) groups is 1. The van der Waals surface area contributed by atoms with Crippen LogP contribution in [0, 0.1) is 41.4 Å². The second-order valence-electron chi connectivity index (χ2n) is 4.72. The molecular formula is C13H18N2O. The van der Waals surface area contributed by atoms with Crippen LogP contribution >= 0.6 is 0 Å². The second-order valence-corrected chi connectivity index (χ2v) is 4.72. The molecule has 0 aromatic heterocycles. The Morgan fingerprint density at radius 3 is 2.56 bits per heavy atom. The van der Waals surface area contributed by atoms with Crippen molar-refractivity contribution in [1.82, 2.24) is 4.90 Å². The average Bonchev–Trinajstić information content (AvgIpc) is 3.01. The van der Waals surface area contributed by atoms with Crippen molar-refractivity contribution in [2.24, 2.45) is 17.8 Å². The minimum Gasteiger partial charge on any atom is -0.330 e. The molecule has 1 fully saturated rings. The van der Waals surface area contributed by atoms with Crippen LogP contribution in [0.5, 0.6) is 0 Å². The number of amides is 1. The third-order valence-electron chi connectivity index (χ3n) is 2.84. The highest BCUT2D eigenvalue weighted by Gasteiger charge is 2.31. The molecule has 16 heavy (non-hydrogen) atoms. The van der Waals surface area contributed by atoms with Gasteiger partial charge in [0.1, 0.15) is 5.92 Å². The van der Waals surface area contributed by atoms with Crippen LogP contribution < -0.4 is 0 Å². The van der Waals surface area contributed by atoms with E-state index in [-0.39, 0.29) is 11.8 Å². The van der Waals surface area contributed by atoms with Crippen molar-refractivity contribution in [1.29, 1.82) is 5.26 Å². The summed E-state index contributed by atoms with van der Waals surface area (Å²) < 4.78 is 0. The summed E-state index contributed by atoms with van der Waals surface area (Å²) in [6.07, 6.45) is 7.60. The Bertz CT molecular complexity index is 331. The third kappa shape index (κ3) is 3.28. The van der Waals surface area contributed by atoms with E-state index in [1.807, 2.05) is 13.8 Å². The van der Waals surface area contributed by atoms with Gasteiger partial charge in [-0.15, -0.1) is 6.42 Å². The van der Waals surface area contributed by atoms with Crippen LogP contribution in [-0.4, -0.2) is 23.9 Å². The fraction of sp³-hybridized carbons (Fsp3) is 0.692. The highest BCUT2D eigenvalue weighted by atomic mass is 16.2. The molecule has 86 valence electrons. The largest absolute Gasteiger partial charge is 0.330 e. The molecule has 3 heteroatoms. The van der Waals surface area contributed by atoms with Crippen molar-refractivity contribution in [3.8, 4) is 18.4 Å².